The van der Waals surface area contributed by atoms with E-state index < -0.39 is 8.80 Å². The molecule has 1 unspecified atom stereocenters. The maximum atomic E-state index is 5.60. The first-order valence-electron chi connectivity index (χ1n) is 13.6. The normalized spacial score (nSPS) is 13.6. The molecular weight excluding hydrogens is 464 g/mol. The van der Waals surface area contributed by atoms with E-state index in [1.807, 2.05) is 72.8 Å². The highest BCUT2D eigenvalue weighted by Crippen LogP contribution is 2.14. The molecule has 4 aromatic rings. The molecule has 0 aromatic heterocycles. The Morgan fingerprint density at radius 2 is 0.784 bits per heavy atom. The van der Waals surface area contributed by atoms with Gasteiger partial charge >= 0.3 is 0 Å². The van der Waals surface area contributed by atoms with Gasteiger partial charge in [-0.25, -0.2) is 0 Å². The van der Waals surface area contributed by atoms with Crippen molar-refractivity contribution in [3.05, 3.63) is 144 Å². The Hall–Kier alpha value is -2.94. The number of hydrogen-bond donors (Lipinski definition) is 0. The Labute approximate surface area is 229 Å². The summed E-state index contributed by atoms with van der Waals surface area (Å²) in [5.41, 5.74) is 5.98. The van der Waals surface area contributed by atoms with Gasteiger partial charge in [0.1, 0.15) is 0 Å². The van der Waals surface area contributed by atoms with Gasteiger partial charge in [-0.2, -0.15) is 0 Å². The van der Waals surface area contributed by atoms with Crippen molar-refractivity contribution < 1.29 is 4.74 Å². The molecule has 0 spiro atoms. The Balaban J connectivity index is 0.000000232. The van der Waals surface area contributed by atoms with E-state index in [1.54, 1.807) is 0 Å². The fraction of sp³-hybridized carbons (Fsp3) is 0.314. The molecule has 5 rings (SSSR count). The van der Waals surface area contributed by atoms with Gasteiger partial charge in [0, 0.05) is 12.3 Å². The second-order valence-electron chi connectivity index (χ2n) is 9.77. The average Bonchev–Trinajstić information content (AvgIpc) is 2.92. The summed E-state index contributed by atoms with van der Waals surface area (Å²) in [6, 6.07) is 41.0. The summed E-state index contributed by atoms with van der Waals surface area (Å²) in [5, 5.41) is 0. The molecule has 0 N–H and O–H groups in total. The van der Waals surface area contributed by atoms with E-state index in [1.165, 1.54) is 41.5 Å². The zero-order chi connectivity index (χ0) is 27.1. The Morgan fingerprint density at radius 1 is 0.486 bits per heavy atom. The zero-order valence-corrected chi connectivity index (χ0v) is 25.1. The van der Waals surface area contributed by atoms with Crippen molar-refractivity contribution in [1.82, 2.24) is 0 Å². The van der Waals surface area contributed by atoms with Crippen molar-refractivity contribution in [1.29, 1.82) is 0 Å². The first kappa shape index (κ1) is 32.1. The third-order valence-electron chi connectivity index (χ3n) is 5.72. The molecule has 2 heteroatoms. The molecule has 198 valence electrons. The quantitative estimate of drug-likeness (QED) is 0.231. The second-order valence-corrected chi connectivity index (χ2v) is 13.0. The predicted molar refractivity (Wildman–Crippen MR) is 167 cm³/mol. The van der Waals surface area contributed by atoms with Crippen LogP contribution < -0.4 is 0 Å². The predicted octanol–water partition coefficient (Wildman–Crippen LogP) is 9.56. The first-order chi connectivity index (χ1) is 17.9. The molecule has 1 heterocycles. The minimum Gasteiger partial charge on any atom is -0.382 e. The average molecular weight is 513 g/mol. The lowest BCUT2D eigenvalue weighted by molar-refractivity contribution is 0.0631. The summed E-state index contributed by atoms with van der Waals surface area (Å²) in [5.74, 6) is 0. The third kappa shape index (κ3) is 18.9. The molecule has 1 atom stereocenters. The van der Waals surface area contributed by atoms with Crippen molar-refractivity contribution in [3.63, 3.8) is 0 Å². The molecule has 1 saturated heterocycles. The van der Waals surface area contributed by atoms with Crippen LogP contribution in [0.25, 0.3) is 0 Å². The molecular formula is C35H48OSi. The molecule has 1 nitrogen and oxygen atoms in total. The minimum absolute atomic E-state index is 0.474. The van der Waals surface area contributed by atoms with Crippen LogP contribution in [0.1, 0.15) is 41.5 Å². The Bertz CT molecular complexity index is 846. The lowest BCUT2D eigenvalue weighted by Gasteiger charge is -2.24. The molecule has 1 fully saturated rings. The van der Waals surface area contributed by atoms with Gasteiger partial charge in [-0.15, -0.1) is 0 Å². The van der Waals surface area contributed by atoms with E-state index in [4.69, 9.17) is 4.74 Å². The lowest BCUT2D eigenvalue weighted by atomic mass is 10.2. The van der Waals surface area contributed by atoms with Crippen LogP contribution in [0.3, 0.4) is 0 Å². The monoisotopic (exact) mass is 512 g/mol. The van der Waals surface area contributed by atoms with E-state index in [2.05, 4.69) is 89.3 Å². The van der Waals surface area contributed by atoms with Gasteiger partial charge < -0.3 is 4.74 Å². The topological polar surface area (TPSA) is 9.23 Å². The molecule has 0 aliphatic carbocycles. The molecule has 37 heavy (non-hydrogen) atoms. The van der Waals surface area contributed by atoms with Crippen molar-refractivity contribution in [2.45, 2.75) is 65.8 Å². The fourth-order valence-electron chi connectivity index (χ4n) is 3.43. The summed E-state index contributed by atoms with van der Waals surface area (Å²) in [7, 11) is -0.474. The van der Waals surface area contributed by atoms with Crippen LogP contribution in [0.15, 0.2) is 121 Å². The second kappa shape index (κ2) is 21.2. The van der Waals surface area contributed by atoms with Crippen LogP contribution in [-0.4, -0.2) is 21.1 Å². The SMILES string of the molecule is C[SiH](C)C1CCCCO1.Cc1ccccc1.Cc1ccccc1.Cc1ccccc1.Cc1ccccc1. The summed E-state index contributed by atoms with van der Waals surface area (Å²) in [4.78, 5) is 0. The van der Waals surface area contributed by atoms with Crippen molar-refractivity contribution >= 4 is 8.80 Å². The largest absolute Gasteiger partial charge is 0.382 e. The van der Waals surface area contributed by atoms with Gasteiger partial charge in [0.2, 0.25) is 0 Å². The van der Waals surface area contributed by atoms with E-state index in [-0.39, 0.29) is 0 Å². The number of hydrogen-bond acceptors (Lipinski definition) is 1. The van der Waals surface area contributed by atoms with E-state index in [0.29, 0.717) is 5.73 Å². The molecule has 4 aromatic carbocycles. The fourth-order valence-corrected chi connectivity index (χ4v) is 4.85. The summed E-state index contributed by atoms with van der Waals surface area (Å²) < 4.78 is 5.60. The minimum atomic E-state index is -0.474. The first-order valence-corrected chi connectivity index (χ1v) is 16.5. The smallest absolute Gasteiger partial charge is 0.0656 e. The van der Waals surface area contributed by atoms with Crippen LogP contribution >= 0.6 is 0 Å². The standard InChI is InChI=1S/C7H16OSi.4C7H8/c1-9(2)7-5-3-4-6-8-7;4*1-7-5-3-2-4-6-7/h7,9H,3-6H2,1-2H3;4*2-6H,1H3. The van der Waals surface area contributed by atoms with Crippen LogP contribution in [0.4, 0.5) is 0 Å². The van der Waals surface area contributed by atoms with Crippen molar-refractivity contribution in [2.75, 3.05) is 6.61 Å². The van der Waals surface area contributed by atoms with Crippen LogP contribution in [-0.2, 0) is 4.74 Å². The van der Waals surface area contributed by atoms with Gasteiger partial charge in [0.15, 0.2) is 0 Å². The van der Waals surface area contributed by atoms with Crippen molar-refractivity contribution in [3.8, 4) is 0 Å². The van der Waals surface area contributed by atoms with Crippen LogP contribution in [0, 0.1) is 27.7 Å². The lowest BCUT2D eigenvalue weighted by Crippen LogP contribution is -2.31. The summed E-state index contributed by atoms with van der Waals surface area (Å²) in [6.45, 7) is 14.1. The number of benzene rings is 4. The Kier molecular flexibility index (Phi) is 18.4. The highest BCUT2D eigenvalue weighted by Gasteiger charge is 2.17. The molecule has 0 bridgehead atoms. The number of rotatable bonds is 1. The Morgan fingerprint density at radius 3 is 0.919 bits per heavy atom. The number of aryl methyl sites for hydroxylation is 4. The van der Waals surface area contributed by atoms with E-state index in [0.717, 1.165) is 6.61 Å². The van der Waals surface area contributed by atoms with Crippen molar-refractivity contribution in [2.24, 2.45) is 0 Å². The highest BCUT2D eigenvalue weighted by molar-refractivity contribution is 6.57. The molecule has 0 saturated carbocycles. The third-order valence-corrected chi connectivity index (χ3v) is 7.73. The van der Waals surface area contributed by atoms with Crippen LogP contribution in [0.2, 0.25) is 13.1 Å². The number of ether oxygens (including phenoxy) is 1. The van der Waals surface area contributed by atoms with Crippen LogP contribution in [0.5, 0.6) is 0 Å². The van der Waals surface area contributed by atoms with E-state index in [9.17, 15) is 0 Å². The highest BCUT2D eigenvalue weighted by atomic mass is 28.3. The van der Waals surface area contributed by atoms with Gasteiger partial charge in [-0.3, -0.25) is 0 Å². The molecule has 0 radical (unpaired) electrons. The zero-order valence-electron chi connectivity index (χ0n) is 23.9. The van der Waals surface area contributed by atoms with E-state index >= 15 is 0 Å². The maximum Gasteiger partial charge on any atom is 0.0656 e. The molecule has 0 amide bonds. The maximum absolute atomic E-state index is 5.60. The molecule has 1 aliphatic rings. The molecule has 1 aliphatic heterocycles. The van der Waals surface area contributed by atoms with Gasteiger partial charge in [-0.05, 0) is 47.0 Å². The van der Waals surface area contributed by atoms with Gasteiger partial charge in [-0.1, -0.05) is 157 Å². The van der Waals surface area contributed by atoms with Gasteiger partial charge in [0.05, 0.1) is 8.80 Å². The summed E-state index contributed by atoms with van der Waals surface area (Å²) >= 11 is 0. The summed E-state index contributed by atoms with van der Waals surface area (Å²) in [6.07, 6.45) is 4.03. The van der Waals surface area contributed by atoms with Gasteiger partial charge in [0.25, 0.3) is 0 Å².